The van der Waals surface area contributed by atoms with Gasteiger partial charge in [0.05, 0.1) is 13.7 Å². The fourth-order valence-corrected chi connectivity index (χ4v) is 3.14. The van der Waals surface area contributed by atoms with E-state index in [1.807, 2.05) is 18.2 Å². The first kappa shape index (κ1) is 15.3. The molecule has 1 saturated heterocycles. The maximum absolute atomic E-state index is 9.28. The van der Waals surface area contributed by atoms with Gasteiger partial charge in [0.2, 0.25) is 0 Å². The Labute approximate surface area is 122 Å². The highest BCUT2D eigenvalue weighted by molar-refractivity contribution is 5.37. The summed E-state index contributed by atoms with van der Waals surface area (Å²) >= 11 is 0. The van der Waals surface area contributed by atoms with E-state index in [4.69, 9.17) is 4.74 Å². The number of hydrogen-bond donors (Lipinski definition) is 1. The number of methoxy groups -OCH3 is 1. The lowest BCUT2D eigenvalue weighted by Gasteiger charge is -2.23. The van der Waals surface area contributed by atoms with Gasteiger partial charge >= 0.3 is 0 Å². The second-order valence-corrected chi connectivity index (χ2v) is 6.01. The van der Waals surface area contributed by atoms with E-state index in [-0.39, 0.29) is 6.61 Å². The molecule has 4 heteroatoms. The van der Waals surface area contributed by atoms with Gasteiger partial charge in [0, 0.05) is 31.2 Å². The highest BCUT2D eigenvalue weighted by Crippen LogP contribution is 2.26. The molecule has 1 heterocycles. The van der Waals surface area contributed by atoms with Gasteiger partial charge in [-0.25, -0.2) is 0 Å². The van der Waals surface area contributed by atoms with E-state index in [1.54, 1.807) is 7.11 Å². The lowest BCUT2D eigenvalue weighted by Crippen LogP contribution is -2.34. The molecular formula is C16H26N2O2. The van der Waals surface area contributed by atoms with Crippen LogP contribution in [0.5, 0.6) is 5.75 Å². The van der Waals surface area contributed by atoms with Crippen LogP contribution >= 0.6 is 0 Å². The fourth-order valence-electron chi connectivity index (χ4n) is 3.14. The van der Waals surface area contributed by atoms with Crippen molar-refractivity contribution in [3.05, 3.63) is 29.3 Å². The van der Waals surface area contributed by atoms with Gasteiger partial charge in [-0.3, -0.25) is 4.90 Å². The second-order valence-electron chi connectivity index (χ2n) is 6.01. The third kappa shape index (κ3) is 3.32. The Morgan fingerprint density at radius 3 is 2.65 bits per heavy atom. The molecule has 1 aromatic carbocycles. The van der Waals surface area contributed by atoms with Crippen LogP contribution in [-0.4, -0.2) is 55.2 Å². The summed E-state index contributed by atoms with van der Waals surface area (Å²) in [7, 11) is 6.00. The van der Waals surface area contributed by atoms with Crippen molar-refractivity contribution in [1.82, 2.24) is 9.80 Å². The SMILES string of the molecule is COc1ccc(CO)cc1CN1CC(C)C(N(C)C)C1. The summed E-state index contributed by atoms with van der Waals surface area (Å²) in [5.41, 5.74) is 2.10. The van der Waals surface area contributed by atoms with Gasteiger partial charge in [-0.2, -0.15) is 0 Å². The zero-order valence-corrected chi connectivity index (χ0v) is 13.0. The Morgan fingerprint density at radius 2 is 2.10 bits per heavy atom. The first-order chi connectivity index (χ1) is 9.55. The average Bonchev–Trinajstić information content (AvgIpc) is 2.79. The molecule has 0 aromatic heterocycles. The fraction of sp³-hybridized carbons (Fsp3) is 0.625. The van der Waals surface area contributed by atoms with Crippen LogP contribution in [0.2, 0.25) is 0 Å². The number of rotatable bonds is 5. The molecule has 112 valence electrons. The molecule has 1 aromatic rings. The molecule has 0 saturated carbocycles. The van der Waals surface area contributed by atoms with E-state index in [2.05, 4.69) is 30.8 Å². The molecule has 2 unspecified atom stereocenters. The molecule has 2 atom stereocenters. The Hall–Kier alpha value is -1.10. The molecule has 0 amide bonds. The molecule has 1 aliphatic heterocycles. The summed E-state index contributed by atoms with van der Waals surface area (Å²) in [6.07, 6.45) is 0. The molecule has 1 N–H and O–H groups in total. The Kier molecular flexibility index (Phi) is 5.02. The van der Waals surface area contributed by atoms with Crippen molar-refractivity contribution in [3.8, 4) is 5.75 Å². The second kappa shape index (κ2) is 6.57. The monoisotopic (exact) mass is 278 g/mol. The van der Waals surface area contributed by atoms with Crippen LogP contribution in [-0.2, 0) is 13.2 Å². The topological polar surface area (TPSA) is 35.9 Å². The summed E-state index contributed by atoms with van der Waals surface area (Å²) in [5, 5.41) is 9.28. The Morgan fingerprint density at radius 1 is 1.35 bits per heavy atom. The Balaban J connectivity index is 2.10. The quantitative estimate of drug-likeness (QED) is 0.887. The van der Waals surface area contributed by atoms with E-state index in [1.165, 1.54) is 0 Å². The van der Waals surface area contributed by atoms with E-state index >= 15 is 0 Å². The predicted octanol–water partition coefficient (Wildman–Crippen LogP) is 1.57. The largest absolute Gasteiger partial charge is 0.496 e. The maximum atomic E-state index is 9.28. The minimum Gasteiger partial charge on any atom is -0.496 e. The van der Waals surface area contributed by atoms with Gasteiger partial charge in [0.15, 0.2) is 0 Å². The van der Waals surface area contributed by atoms with Crippen LogP contribution < -0.4 is 4.74 Å². The predicted molar refractivity (Wildman–Crippen MR) is 80.8 cm³/mol. The summed E-state index contributed by atoms with van der Waals surface area (Å²) in [6.45, 7) is 5.46. The number of benzene rings is 1. The van der Waals surface area contributed by atoms with Crippen molar-refractivity contribution in [2.75, 3.05) is 34.3 Å². The third-order valence-electron chi connectivity index (χ3n) is 4.23. The van der Waals surface area contributed by atoms with E-state index < -0.39 is 0 Å². The molecule has 0 bridgehead atoms. The molecule has 1 aliphatic rings. The highest BCUT2D eigenvalue weighted by atomic mass is 16.5. The lowest BCUT2D eigenvalue weighted by atomic mass is 10.1. The zero-order chi connectivity index (χ0) is 14.7. The number of nitrogens with zero attached hydrogens (tertiary/aromatic N) is 2. The van der Waals surface area contributed by atoms with Gasteiger partial charge in [-0.15, -0.1) is 0 Å². The lowest BCUT2D eigenvalue weighted by molar-refractivity contribution is 0.249. The van der Waals surface area contributed by atoms with Crippen LogP contribution in [0.1, 0.15) is 18.1 Å². The molecule has 20 heavy (non-hydrogen) atoms. The number of ether oxygens (including phenoxy) is 1. The number of hydrogen-bond acceptors (Lipinski definition) is 4. The minimum absolute atomic E-state index is 0.0771. The standard InChI is InChI=1S/C16H26N2O2/c1-12-8-18(10-15(12)17(2)3)9-14-7-13(11-19)5-6-16(14)20-4/h5-7,12,15,19H,8-11H2,1-4H3. The third-order valence-corrected chi connectivity index (χ3v) is 4.23. The van der Waals surface area contributed by atoms with Crippen LogP contribution in [0.25, 0.3) is 0 Å². The number of aliphatic hydroxyl groups is 1. The number of aliphatic hydroxyl groups excluding tert-OH is 1. The van der Waals surface area contributed by atoms with Crippen molar-refractivity contribution in [1.29, 1.82) is 0 Å². The smallest absolute Gasteiger partial charge is 0.123 e. The number of likely N-dealkylation sites (tertiary alicyclic amines) is 1. The van der Waals surface area contributed by atoms with Crippen molar-refractivity contribution < 1.29 is 9.84 Å². The van der Waals surface area contributed by atoms with Gasteiger partial charge in [0.25, 0.3) is 0 Å². The highest BCUT2D eigenvalue weighted by Gasteiger charge is 2.31. The molecule has 0 spiro atoms. The molecule has 0 radical (unpaired) electrons. The van der Waals surface area contributed by atoms with Crippen molar-refractivity contribution >= 4 is 0 Å². The molecular weight excluding hydrogens is 252 g/mol. The molecule has 1 fully saturated rings. The van der Waals surface area contributed by atoms with Crippen molar-refractivity contribution in [3.63, 3.8) is 0 Å². The van der Waals surface area contributed by atoms with Crippen LogP contribution in [0, 0.1) is 5.92 Å². The summed E-state index contributed by atoms with van der Waals surface area (Å²) in [6, 6.07) is 6.52. The van der Waals surface area contributed by atoms with Crippen LogP contribution in [0.15, 0.2) is 18.2 Å². The van der Waals surface area contributed by atoms with Gasteiger partial charge < -0.3 is 14.7 Å². The van der Waals surface area contributed by atoms with E-state index in [9.17, 15) is 5.11 Å². The molecule has 2 rings (SSSR count). The minimum atomic E-state index is 0.0771. The Bertz CT molecular complexity index is 448. The van der Waals surface area contributed by atoms with Gasteiger partial charge in [0.1, 0.15) is 5.75 Å². The van der Waals surface area contributed by atoms with Crippen molar-refractivity contribution in [2.24, 2.45) is 5.92 Å². The van der Waals surface area contributed by atoms with Crippen LogP contribution in [0.3, 0.4) is 0 Å². The van der Waals surface area contributed by atoms with E-state index in [0.717, 1.165) is 36.5 Å². The van der Waals surface area contributed by atoms with Gasteiger partial charge in [-0.1, -0.05) is 13.0 Å². The zero-order valence-electron chi connectivity index (χ0n) is 13.0. The van der Waals surface area contributed by atoms with Gasteiger partial charge in [-0.05, 0) is 37.7 Å². The van der Waals surface area contributed by atoms with Crippen LogP contribution in [0.4, 0.5) is 0 Å². The summed E-state index contributed by atoms with van der Waals surface area (Å²) < 4.78 is 5.44. The average molecular weight is 278 g/mol. The summed E-state index contributed by atoms with van der Waals surface area (Å²) in [5.74, 6) is 1.58. The first-order valence-corrected chi connectivity index (χ1v) is 7.20. The van der Waals surface area contributed by atoms with Crippen molar-refractivity contribution in [2.45, 2.75) is 26.1 Å². The van der Waals surface area contributed by atoms with E-state index in [0.29, 0.717) is 12.0 Å². The normalized spacial score (nSPS) is 23.5. The maximum Gasteiger partial charge on any atom is 0.123 e. The number of likely N-dealkylation sites (N-methyl/N-ethyl adjacent to an activating group) is 1. The summed E-state index contributed by atoms with van der Waals surface area (Å²) in [4.78, 5) is 4.78. The molecule has 0 aliphatic carbocycles. The first-order valence-electron chi connectivity index (χ1n) is 7.20. The molecule has 4 nitrogen and oxygen atoms in total.